The van der Waals surface area contributed by atoms with Crippen LogP contribution in [-0.2, 0) is 19.1 Å². The van der Waals surface area contributed by atoms with Crippen molar-refractivity contribution in [3.05, 3.63) is 40.1 Å². The predicted octanol–water partition coefficient (Wildman–Crippen LogP) is 4.92. The third kappa shape index (κ3) is 3.07. The Balaban J connectivity index is 1.89. The zero-order valence-electron chi connectivity index (χ0n) is 18.6. The highest BCUT2D eigenvalue weighted by atomic mass is 16.6. The molecule has 2 heterocycles. The molecule has 3 aliphatic rings. The van der Waals surface area contributed by atoms with Crippen molar-refractivity contribution >= 4 is 17.3 Å². The van der Waals surface area contributed by atoms with E-state index in [-0.39, 0.29) is 35.8 Å². The SMILES string of the molecule is CC[C@@H]1C[C@@H]2O[C@H]1[C@H]1C(OC(=O)C(C)(C)C)=C(c3c(C)cc(C)cc3C)C(=O)[C@H]12. The zero-order chi connectivity index (χ0) is 21.2. The minimum atomic E-state index is -0.640. The molecule has 0 aromatic heterocycles. The maximum absolute atomic E-state index is 13.7. The van der Waals surface area contributed by atoms with E-state index in [1.807, 2.05) is 34.6 Å². The average molecular weight is 397 g/mol. The van der Waals surface area contributed by atoms with Crippen LogP contribution in [0.5, 0.6) is 0 Å². The number of aryl methyl sites for hydroxylation is 3. The van der Waals surface area contributed by atoms with Gasteiger partial charge in [0, 0.05) is 0 Å². The first-order valence-electron chi connectivity index (χ1n) is 10.8. The summed E-state index contributed by atoms with van der Waals surface area (Å²) in [6, 6.07) is 4.19. The Hall–Kier alpha value is -1.94. The molecule has 4 nitrogen and oxygen atoms in total. The number of allylic oxidation sites excluding steroid dienone is 1. The van der Waals surface area contributed by atoms with Crippen molar-refractivity contribution < 1.29 is 19.1 Å². The van der Waals surface area contributed by atoms with Crippen LogP contribution < -0.4 is 0 Å². The second-order valence-corrected chi connectivity index (χ2v) is 10.1. The molecule has 2 fully saturated rings. The Morgan fingerprint density at radius 2 is 1.76 bits per heavy atom. The number of esters is 1. The fourth-order valence-electron chi connectivity index (χ4n) is 5.54. The van der Waals surface area contributed by atoms with Crippen LogP contribution >= 0.6 is 0 Å². The van der Waals surface area contributed by atoms with Crippen molar-refractivity contribution in [2.24, 2.45) is 23.2 Å². The molecule has 0 saturated carbocycles. The molecule has 4 rings (SSSR count). The van der Waals surface area contributed by atoms with Gasteiger partial charge in [-0.05, 0) is 70.6 Å². The second kappa shape index (κ2) is 6.80. The predicted molar refractivity (Wildman–Crippen MR) is 112 cm³/mol. The normalized spacial score (nSPS) is 30.9. The Bertz CT molecular complexity index is 894. The quantitative estimate of drug-likeness (QED) is 0.680. The molecule has 5 atom stereocenters. The number of hydrogen-bond donors (Lipinski definition) is 0. The number of ether oxygens (including phenoxy) is 2. The summed E-state index contributed by atoms with van der Waals surface area (Å²) in [5, 5.41) is 0. The van der Waals surface area contributed by atoms with Crippen LogP contribution in [0.1, 0.15) is 62.8 Å². The third-order valence-electron chi connectivity index (χ3n) is 6.84. The topological polar surface area (TPSA) is 52.6 Å². The molecule has 1 aliphatic carbocycles. The number of rotatable bonds is 3. The van der Waals surface area contributed by atoms with Gasteiger partial charge in [0.2, 0.25) is 0 Å². The lowest BCUT2D eigenvalue weighted by molar-refractivity contribution is -0.149. The highest BCUT2D eigenvalue weighted by Crippen LogP contribution is 2.57. The van der Waals surface area contributed by atoms with Crippen molar-refractivity contribution in [2.45, 2.75) is 73.5 Å². The van der Waals surface area contributed by atoms with Gasteiger partial charge in [0.25, 0.3) is 0 Å². The van der Waals surface area contributed by atoms with E-state index < -0.39 is 5.41 Å². The minimum absolute atomic E-state index is 0.0368. The zero-order valence-corrected chi connectivity index (χ0v) is 18.6. The number of Topliss-reactive ketones (excluding diaryl/α,β-unsaturated/α-hetero) is 1. The molecule has 0 spiro atoms. The summed E-state index contributed by atoms with van der Waals surface area (Å²) in [5.41, 5.74) is 4.17. The number of carbonyl (C=O) groups excluding carboxylic acids is 2. The van der Waals surface area contributed by atoms with E-state index in [1.54, 1.807) is 0 Å². The van der Waals surface area contributed by atoms with Gasteiger partial charge in [-0.15, -0.1) is 0 Å². The number of hydrogen-bond acceptors (Lipinski definition) is 4. The molecule has 1 aromatic rings. The number of carbonyl (C=O) groups is 2. The largest absolute Gasteiger partial charge is 0.429 e. The summed E-state index contributed by atoms with van der Waals surface area (Å²) >= 11 is 0. The van der Waals surface area contributed by atoms with Crippen molar-refractivity contribution in [2.75, 3.05) is 0 Å². The van der Waals surface area contributed by atoms with E-state index in [2.05, 4.69) is 26.0 Å². The molecule has 29 heavy (non-hydrogen) atoms. The molecule has 0 amide bonds. The van der Waals surface area contributed by atoms with Gasteiger partial charge in [-0.1, -0.05) is 31.0 Å². The van der Waals surface area contributed by atoms with Gasteiger partial charge in [0.05, 0.1) is 35.0 Å². The van der Waals surface area contributed by atoms with Crippen molar-refractivity contribution in [3.63, 3.8) is 0 Å². The molecule has 0 N–H and O–H groups in total. The van der Waals surface area contributed by atoms with Gasteiger partial charge < -0.3 is 9.47 Å². The van der Waals surface area contributed by atoms with E-state index in [9.17, 15) is 9.59 Å². The molecule has 2 bridgehead atoms. The van der Waals surface area contributed by atoms with Gasteiger partial charge in [0.1, 0.15) is 5.76 Å². The molecule has 2 aliphatic heterocycles. The molecule has 0 radical (unpaired) electrons. The highest BCUT2D eigenvalue weighted by Gasteiger charge is 2.63. The third-order valence-corrected chi connectivity index (χ3v) is 6.84. The van der Waals surface area contributed by atoms with Gasteiger partial charge in [-0.2, -0.15) is 0 Å². The summed E-state index contributed by atoms with van der Waals surface area (Å²) in [6.07, 6.45) is 1.84. The summed E-state index contributed by atoms with van der Waals surface area (Å²) < 4.78 is 12.3. The average Bonchev–Trinajstić information content (AvgIpc) is 3.26. The van der Waals surface area contributed by atoms with E-state index in [0.29, 0.717) is 17.3 Å². The summed E-state index contributed by atoms with van der Waals surface area (Å²) in [4.78, 5) is 26.5. The van der Waals surface area contributed by atoms with Crippen LogP contribution in [-0.4, -0.2) is 24.0 Å². The Kier molecular flexibility index (Phi) is 4.77. The molecule has 0 unspecified atom stereocenters. The summed E-state index contributed by atoms with van der Waals surface area (Å²) in [7, 11) is 0. The Morgan fingerprint density at radius 3 is 2.31 bits per heavy atom. The minimum Gasteiger partial charge on any atom is -0.429 e. The number of ketones is 1. The van der Waals surface area contributed by atoms with Crippen molar-refractivity contribution in [1.29, 1.82) is 0 Å². The van der Waals surface area contributed by atoms with Gasteiger partial charge >= 0.3 is 5.97 Å². The van der Waals surface area contributed by atoms with Gasteiger partial charge in [0.15, 0.2) is 5.78 Å². The molecule has 1 aromatic carbocycles. The van der Waals surface area contributed by atoms with Crippen LogP contribution in [0.2, 0.25) is 0 Å². The fourth-order valence-corrected chi connectivity index (χ4v) is 5.54. The van der Waals surface area contributed by atoms with E-state index in [0.717, 1.165) is 35.1 Å². The number of fused-ring (bicyclic) bond motifs is 5. The van der Waals surface area contributed by atoms with Gasteiger partial charge in [-0.3, -0.25) is 9.59 Å². The molecule has 2 saturated heterocycles. The Morgan fingerprint density at radius 1 is 1.14 bits per heavy atom. The molecule has 4 heteroatoms. The van der Waals surface area contributed by atoms with Crippen LogP contribution in [0, 0.1) is 43.9 Å². The first-order valence-corrected chi connectivity index (χ1v) is 10.8. The first-order chi connectivity index (χ1) is 13.5. The standard InChI is InChI=1S/C25H32O4/c1-8-15-11-16-18-20(22(15)28-16)23(29-24(27)25(5,6)7)19(21(18)26)17-13(3)9-12(2)10-14(17)4/h9-10,15-16,18,20,22H,8,11H2,1-7H3/t15-,16+,18+,20+,22-/m1/s1. The number of benzene rings is 1. The molecular weight excluding hydrogens is 364 g/mol. The smallest absolute Gasteiger partial charge is 0.316 e. The fraction of sp³-hybridized carbons (Fsp3) is 0.600. The van der Waals surface area contributed by atoms with E-state index >= 15 is 0 Å². The molecular formula is C25H32O4. The summed E-state index contributed by atoms with van der Waals surface area (Å²) in [6.45, 7) is 13.8. The lowest BCUT2D eigenvalue weighted by Gasteiger charge is -2.29. The van der Waals surface area contributed by atoms with Crippen molar-refractivity contribution in [1.82, 2.24) is 0 Å². The highest BCUT2D eigenvalue weighted by molar-refractivity contribution is 6.26. The lowest BCUT2D eigenvalue weighted by atomic mass is 9.74. The van der Waals surface area contributed by atoms with E-state index in [1.165, 1.54) is 0 Å². The lowest BCUT2D eigenvalue weighted by Crippen LogP contribution is -2.35. The van der Waals surface area contributed by atoms with Crippen LogP contribution in [0.25, 0.3) is 5.57 Å². The van der Waals surface area contributed by atoms with Crippen LogP contribution in [0.15, 0.2) is 17.9 Å². The first kappa shape index (κ1) is 20.3. The summed E-state index contributed by atoms with van der Waals surface area (Å²) in [5.74, 6) is 0.395. The van der Waals surface area contributed by atoms with E-state index in [4.69, 9.17) is 9.47 Å². The van der Waals surface area contributed by atoms with Crippen molar-refractivity contribution in [3.8, 4) is 0 Å². The monoisotopic (exact) mass is 396 g/mol. The molecule has 156 valence electrons. The van der Waals surface area contributed by atoms with Crippen LogP contribution in [0.4, 0.5) is 0 Å². The Labute approximate surface area is 173 Å². The maximum Gasteiger partial charge on any atom is 0.316 e. The van der Waals surface area contributed by atoms with Crippen LogP contribution in [0.3, 0.4) is 0 Å². The van der Waals surface area contributed by atoms with Gasteiger partial charge in [-0.25, -0.2) is 0 Å². The second-order valence-electron chi connectivity index (χ2n) is 10.1. The maximum atomic E-state index is 13.7.